The molecule has 0 spiro atoms. The number of rotatable bonds is 12. The van der Waals surface area contributed by atoms with E-state index < -0.39 is 29.6 Å². The number of hydrogen-bond donors (Lipinski definition) is 2. The molecule has 1 atom stereocenters. The lowest BCUT2D eigenvalue weighted by atomic mass is 10.1. The molecule has 0 aromatic rings. The van der Waals surface area contributed by atoms with Gasteiger partial charge in [0, 0.05) is 31.0 Å². The number of hydrogen-bond acceptors (Lipinski definition) is 7. The molecule has 0 aromatic heterocycles. The molecule has 28 heavy (non-hydrogen) atoms. The van der Waals surface area contributed by atoms with Gasteiger partial charge in [0.05, 0.1) is 6.61 Å². The van der Waals surface area contributed by atoms with E-state index in [1.54, 1.807) is 20.8 Å². The molecular weight excluding hydrogens is 368 g/mol. The molecule has 0 radical (unpaired) electrons. The number of unbranched alkanes of at least 4 members (excludes halogenated alkanes) is 1. The first-order chi connectivity index (χ1) is 13.1. The van der Waals surface area contributed by atoms with Crippen molar-refractivity contribution in [1.29, 1.82) is 0 Å². The van der Waals surface area contributed by atoms with Crippen LogP contribution in [0.25, 0.3) is 10.4 Å². The number of carbonyl (C=O) groups is 3. The fourth-order valence-corrected chi connectivity index (χ4v) is 2.05. The molecule has 0 fully saturated rings. The minimum absolute atomic E-state index is 0.0740. The number of amides is 2. The number of carbonyl (C=O) groups excluding carboxylic acids is 3. The third kappa shape index (κ3) is 14.6. The summed E-state index contributed by atoms with van der Waals surface area (Å²) in [6.07, 6.45) is 1.22. The van der Waals surface area contributed by atoms with Gasteiger partial charge in [0.1, 0.15) is 12.1 Å². The minimum atomic E-state index is -0.681. The van der Waals surface area contributed by atoms with Gasteiger partial charge < -0.3 is 14.8 Å². The van der Waals surface area contributed by atoms with Crippen molar-refractivity contribution in [2.75, 3.05) is 26.7 Å². The van der Waals surface area contributed by atoms with Crippen molar-refractivity contribution < 1.29 is 23.9 Å². The second-order valence-corrected chi connectivity index (χ2v) is 7.26. The van der Waals surface area contributed by atoms with Crippen LogP contribution in [0.15, 0.2) is 5.11 Å². The van der Waals surface area contributed by atoms with Crippen LogP contribution in [-0.4, -0.2) is 61.4 Å². The quantitative estimate of drug-likeness (QED) is 0.128. The highest BCUT2D eigenvalue weighted by Crippen LogP contribution is 2.08. The minimum Gasteiger partial charge on any atom is -0.465 e. The Kier molecular flexibility index (Phi) is 12.4. The lowest BCUT2D eigenvalue weighted by Crippen LogP contribution is -2.46. The van der Waals surface area contributed by atoms with E-state index in [9.17, 15) is 14.4 Å². The number of esters is 1. The Balaban J connectivity index is 4.57. The molecule has 11 heteroatoms. The second kappa shape index (κ2) is 13.6. The predicted octanol–water partition coefficient (Wildman–Crippen LogP) is 2.28. The van der Waals surface area contributed by atoms with Gasteiger partial charge >= 0.3 is 12.1 Å². The summed E-state index contributed by atoms with van der Waals surface area (Å²) >= 11 is 0. The average molecular weight is 400 g/mol. The fraction of sp³-hybridized carbons (Fsp3) is 0.824. The van der Waals surface area contributed by atoms with Gasteiger partial charge in [0.15, 0.2) is 0 Å². The highest BCUT2D eigenvalue weighted by molar-refractivity contribution is 5.78. The van der Waals surface area contributed by atoms with Crippen molar-refractivity contribution in [1.82, 2.24) is 15.8 Å². The van der Waals surface area contributed by atoms with Gasteiger partial charge in [0.2, 0.25) is 5.91 Å². The summed E-state index contributed by atoms with van der Waals surface area (Å²) in [6, 6.07) is -0.592. The van der Waals surface area contributed by atoms with Gasteiger partial charge in [-0.3, -0.25) is 15.0 Å². The van der Waals surface area contributed by atoms with E-state index in [-0.39, 0.29) is 25.9 Å². The fourth-order valence-electron chi connectivity index (χ4n) is 2.05. The summed E-state index contributed by atoms with van der Waals surface area (Å²) in [5, 5.41) is 7.33. The third-order valence-corrected chi connectivity index (χ3v) is 3.24. The van der Waals surface area contributed by atoms with E-state index in [4.69, 9.17) is 15.0 Å². The molecular formula is C17H32N6O5. The topological polar surface area (TPSA) is 146 Å². The Morgan fingerprint density at radius 1 is 1.29 bits per heavy atom. The zero-order chi connectivity index (χ0) is 21.6. The third-order valence-electron chi connectivity index (χ3n) is 3.24. The summed E-state index contributed by atoms with van der Waals surface area (Å²) < 4.78 is 10.2. The van der Waals surface area contributed by atoms with Crippen LogP contribution in [0.5, 0.6) is 0 Å². The van der Waals surface area contributed by atoms with Crippen LogP contribution in [0.1, 0.15) is 53.4 Å². The number of azide groups is 1. The van der Waals surface area contributed by atoms with E-state index in [0.29, 0.717) is 6.61 Å². The van der Waals surface area contributed by atoms with E-state index in [1.165, 1.54) is 12.1 Å². The van der Waals surface area contributed by atoms with Gasteiger partial charge in [-0.05, 0) is 39.1 Å². The molecule has 0 aliphatic rings. The van der Waals surface area contributed by atoms with Gasteiger partial charge in [0.25, 0.3) is 0 Å². The average Bonchev–Trinajstić information content (AvgIpc) is 2.52. The molecule has 160 valence electrons. The number of hydrazine groups is 1. The van der Waals surface area contributed by atoms with Crippen molar-refractivity contribution >= 4 is 18.0 Å². The Labute approximate surface area is 165 Å². The Morgan fingerprint density at radius 3 is 2.54 bits per heavy atom. The Hall–Kier alpha value is -2.52. The number of nitrogens with zero attached hydrogens (tertiary/aromatic N) is 4. The summed E-state index contributed by atoms with van der Waals surface area (Å²) in [7, 11) is 1.54. The van der Waals surface area contributed by atoms with Gasteiger partial charge in [-0.1, -0.05) is 18.5 Å². The zero-order valence-electron chi connectivity index (χ0n) is 17.4. The maximum Gasteiger partial charge on any atom is 0.407 e. The van der Waals surface area contributed by atoms with Crippen LogP contribution >= 0.6 is 0 Å². The van der Waals surface area contributed by atoms with Gasteiger partial charge in [-0.15, -0.1) is 0 Å². The summed E-state index contributed by atoms with van der Waals surface area (Å²) in [4.78, 5) is 38.4. The first-order valence-corrected chi connectivity index (χ1v) is 9.24. The van der Waals surface area contributed by atoms with Crippen LogP contribution < -0.4 is 10.7 Å². The molecule has 0 rings (SSSR count). The lowest BCUT2D eigenvalue weighted by Gasteiger charge is -2.24. The zero-order valence-corrected chi connectivity index (χ0v) is 17.4. The molecule has 0 aliphatic carbocycles. The molecule has 2 amide bonds. The van der Waals surface area contributed by atoms with E-state index in [2.05, 4.69) is 20.8 Å². The molecule has 0 saturated carbocycles. The van der Waals surface area contributed by atoms with Crippen molar-refractivity contribution in [3.63, 3.8) is 0 Å². The smallest absolute Gasteiger partial charge is 0.407 e. The largest absolute Gasteiger partial charge is 0.465 e. The van der Waals surface area contributed by atoms with E-state index in [0.717, 1.165) is 12.8 Å². The normalized spacial score (nSPS) is 11.9. The van der Waals surface area contributed by atoms with Crippen molar-refractivity contribution in [2.24, 2.45) is 5.11 Å². The summed E-state index contributed by atoms with van der Waals surface area (Å²) in [5.74, 6) is -0.853. The molecule has 0 bridgehead atoms. The Morgan fingerprint density at radius 2 is 1.96 bits per heavy atom. The lowest BCUT2D eigenvalue weighted by molar-refractivity contribution is -0.146. The molecule has 0 unspecified atom stereocenters. The number of ether oxygens (including phenoxy) is 2. The van der Waals surface area contributed by atoms with Gasteiger partial charge in [-0.2, -0.15) is 0 Å². The highest BCUT2D eigenvalue weighted by atomic mass is 16.6. The molecule has 0 heterocycles. The van der Waals surface area contributed by atoms with E-state index in [1.807, 2.05) is 6.92 Å². The first kappa shape index (κ1) is 25.5. The van der Waals surface area contributed by atoms with E-state index >= 15 is 0 Å². The number of alkyl carbamates (subject to hydrolysis) is 1. The Bertz CT molecular complexity index is 557. The molecule has 2 N–H and O–H groups in total. The first-order valence-electron chi connectivity index (χ1n) is 9.24. The van der Waals surface area contributed by atoms with Crippen molar-refractivity contribution in [3.8, 4) is 0 Å². The maximum absolute atomic E-state index is 12.2. The van der Waals surface area contributed by atoms with Crippen LogP contribution in [0.2, 0.25) is 0 Å². The molecule has 11 nitrogen and oxygen atoms in total. The van der Waals surface area contributed by atoms with Crippen LogP contribution in [0.4, 0.5) is 4.79 Å². The number of likely N-dealkylation sites (N-methyl/N-ethyl adjacent to an activating group) is 1. The van der Waals surface area contributed by atoms with Crippen LogP contribution in [0, 0.1) is 0 Å². The van der Waals surface area contributed by atoms with Crippen LogP contribution in [-0.2, 0) is 19.1 Å². The van der Waals surface area contributed by atoms with Gasteiger partial charge in [-0.25, -0.2) is 9.80 Å². The molecule has 0 aromatic carbocycles. The maximum atomic E-state index is 12.2. The van der Waals surface area contributed by atoms with Crippen molar-refractivity contribution in [2.45, 2.75) is 65.0 Å². The molecule has 0 aliphatic heterocycles. The predicted molar refractivity (Wildman–Crippen MR) is 103 cm³/mol. The summed E-state index contributed by atoms with van der Waals surface area (Å²) in [6.45, 7) is 7.53. The second-order valence-electron chi connectivity index (χ2n) is 7.26. The SMILES string of the molecule is CCCCOC(=O)CN(C)NC(=O)C[C@H](CCN=[N+]=[N-])NC(=O)OC(C)(C)C. The highest BCUT2D eigenvalue weighted by Gasteiger charge is 2.22. The molecule has 0 saturated heterocycles. The number of nitrogens with one attached hydrogen (secondary N) is 2. The summed E-state index contributed by atoms with van der Waals surface area (Å²) in [5.41, 5.74) is 10.3. The van der Waals surface area contributed by atoms with Crippen LogP contribution in [0.3, 0.4) is 0 Å². The monoisotopic (exact) mass is 400 g/mol. The standard InChI is InChI=1S/C17H32N6O5/c1-6-7-10-27-15(25)12-23(5)21-14(24)11-13(8-9-19-22-18)20-16(26)28-17(2,3)4/h13H,6-12H2,1-5H3,(H,20,26)(H,21,24)/t13-/m0/s1. The van der Waals surface area contributed by atoms with Crippen molar-refractivity contribution in [3.05, 3.63) is 10.4 Å².